The second-order valence-electron chi connectivity index (χ2n) is 24.2. The van der Waals surface area contributed by atoms with Crippen LogP contribution < -0.4 is 10.2 Å². The standard InChI is InChI=1S/C67H131N2O6P/c1-6-8-10-12-14-16-18-20-22-24-26-28-30-31-32-33-34-35-36-37-39-40-42-44-46-48-50-52-54-56-58-60-66(70)65(64-75-76(72,73)74-63-62-69(3,4)5)68-67(71)61-59-57-55-53-51-49-47-45-43-41-38-29-27-25-23-21-19-17-15-13-11-9-7-2/h19,21,25,27,58,60,65-66,70H,6-18,20,22-24,26,28-57,59,61-64H2,1-5H3,(H-,68,71,72,73)/b21-19-,27-25-,60-58+. The number of hydrogen-bond acceptors (Lipinski definition) is 6. The van der Waals surface area contributed by atoms with E-state index in [2.05, 4.69) is 43.5 Å². The molecule has 0 spiro atoms. The van der Waals surface area contributed by atoms with Crippen molar-refractivity contribution in [1.82, 2.24) is 5.32 Å². The lowest BCUT2D eigenvalue weighted by Crippen LogP contribution is -2.45. The number of carbonyl (C=O) groups excluding carboxylic acids is 1. The minimum atomic E-state index is -4.60. The van der Waals surface area contributed by atoms with E-state index >= 15 is 0 Å². The van der Waals surface area contributed by atoms with Crippen LogP contribution >= 0.6 is 7.82 Å². The van der Waals surface area contributed by atoms with Gasteiger partial charge in [-0.3, -0.25) is 9.36 Å². The maximum absolute atomic E-state index is 13.0. The summed E-state index contributed by atoms with van der Waals surface area (Å²) in [5.41, 5.74) is 0. The number of carbonyl (C=O) groups is 1. The predicted molar refractivity (Wildman–Crippen MR) is 330 cm³/mol. The zero-order valence-corrected chi connectivity index (χ0v) is 52.4. The number of hydrogen-bond donors (Lipinski definition) is 2. The number of nitrogens with one attached hydrogen (secondary N) is 1. The second kappa shape index (κ2) is 58.4. The molecule has 9 heteroatoms. The van der Waals surface area contributed by atoms with Crippen LogP contribution in [0.1, 0.15) is 335 Å². The fourth-order valence-corrected chi connectivity index (χ4v) is 10.9. The van der Waals surface area contributed by atoms with Gasteiger partial charge in [0.2, 0.25) is 5.91 Å². The Bertz CT molecular complexity index is 1330. The number of nitrogens with zero attached hydrogens (tertiary/aromatic N) is 1. The first kappa shape index (κ1) is 74.7. The summed E-state index contributed by atoms with van der Waals surface area (Å²) < 4.78 is 23.4. The third-order valence-electron chi connectivity index (χ3n) is 15.3. The predicted octanol–water partition coefficient (Wildman–Crippen LogP) is 20.3. The highest BCUT2D eigenvalue weighted by Crippen LogP contribution is 2.38. The van der Waals surface area contributed by atoms with Gasteiger partial charge in [0.15, 0.2) is 0 Å². The van der Waals surface area contributed by atoms with Gasteiger partial charge in [-0.2, -0.15) is 0 Å². The van der Waals surface area contributed by atoms with Gasteiger partial charge >= 0.3 is 0 Å². The number of aliphatic hydroxyl groups is 1. The average Bonchev–Trinajstić information content (AvgIpc) is 3.38. The van der Waals surface area contributed by atoms with E-state index in [1.165, 1.54) is 270 Å². The molecule has 2 N–H and O–H groups in total. The van der Waals surface area contributed by atoms with E-state index in [4.69, 9.17) is 9.05 Å². The Morgan fingerprint density at radius 3 is 1.09 bits per heavy atom. The van der Waals surface area contributed by atoms with Gasteiger partial charge in [-0.1, -0.05) is 314 Å². The van der Waals surface area contributed by atoms with Crippen LogP contribution in [-0.4, -0.2) is 68.5 Å². The number of allylic oxidation sites excluding steroid dienone is 5. The number of aliphatic hydroxyl groups excluding tert-OH is 1. The maximum atomic E-state index is 13.0. The third-order valence-corrected chi connectivity index (χ3v) is 16.3. The lowest BCUT2D eigenvalue weighted by molar-refractivity contribution is -0.870. The van der Waals surface area contributed by atoms with E-state index in [0.29, 0.717) is 17.4 Å². The largest absolute Gasteiger partial charge is 0.756 e. The number of amides is 1. The lowest BCUT2D eigenvalue weighted by Gasteiger charge is -2.29. The van der Waals surface area contributed by atoms with Crippen molar-refractivity contribution in [2.24, 2.45) is 0 Å². The molecule has 3 atom stereocenters. The van der Waals surface area contributed by atoms with Crippen molar-refractivity contribution >= 4 is 13.7 Å². The first-order valence-electron chi connectivity index (χ1n) is 33.4. The van der Waals surface area contributed by atoms with Crippen molar-refractivity contribution in [3.05, 3.63) is 36.5 Å². The Labute approximate surface area is 474 Å². The van der Waals surface area contributed by atoms with Crippen molar-refractivity contribution in [1.29, 1.82) is 0 Å². The molecule has 0 aliphatic heterocycles. The van der Waals surface area contributed by atoms with Crippen LogP contribution in [0.2, 0.25) is 0 Å². The van der Waals surface area contributed by atoms with Crippen LogP contribution in [0, 0.1) is 0 Å². The molecular weight excluding hydrogens is 960 g/mol. The topological polar surface area (TPSA) is 108 Å². The molecule has 1 amide bonds. The molecule has 0 saturated carbocycles. The zero-order valence-electron chi connectivity index (χ0n) is 51.5. The fourth-order valence-electron chi connectivity index (χ4n) is 10.1. The Hall–Kier alpha value is -1.28. The van der Waals surface area contributed by atoms with E-state index in [9.17, 15) is 19.4 Å². The van der Waals surface area contributed by atoms with Crippen LogP contribution in [0.3, 0.4) is 0 Å². The molecule has 0 heterocycles. The molecule has 76 heavy (non-hydrogen) atoms. The average molecular weight is 1090 g/mol. The minimum absolute atomic E-state index is 0.000559. The number of unbranched alkanes of at least 4 members (excludes halogenated alkanes) is 45. The van der Waals surface area contributed by atoms with E-state index in [0.717, 1.165) is 44.9 Å². The van der Waals surface area contributed by atoms with Crippen molar-refractivity contribution in [2.45, 2.75) is 347 Å². The Kier molecular flexibility index (Phi) is 57.4. The first-order valence-corrected chi connectivity index (χ1v) is 34.8. The fraction of sp³-hybridized carbons (Fsp3) is 0.896. The van der Waals surface area contributed by atoms with E-state index in [1.807, 2.05) is 27.2 Å². The monoisotopic (exact) mass is 1090 g/mol. The van der Waals surface area contributed by atoms with E-state index < -0.39 is 20.0 Å². The Morgan fingerprint density at radius 1 is 0.461 bits per heavy atom. The highest BCUT2D eigenvalue weighted by Gasteiger charge is 2.23. The zero-order chi connectivity index (χ0) is 55.6. The summed E-state index contributed by atoms with van der Waals surface area (Å²) in [6.07, 6.45) is 76.8. The summed E-state index contributed by atoms with van der Waals surface area (Å²) in [5, 5.41) is 14.0. The number of phosphoric acid groups is 1. The summed E-state index contributed by atoms with van der Waals surface area (Å²) in [4.78, 5) is 25.6. The molecule has 450 valence electrons. The maximum Gasteiger partial charge on any atom is 0.268 e. The van der Waals surface area contributed by atoms with Gasteiger partial charge in [-0.15, -0.1) is 0 Å². The summed E-state index contributed by atoms with van der Waals surface area (Å²) in [7, 11) is 1.27. The second-order valence-corrected chi connectivity index (χ2v) is 25.6. The number of likely N-dealkylation sites (N-methyl/N-ethyl adjacent to an activating group) is 1. The van der Waals surface area contributed by atoms with Crippen molar-refractivity contribution < 1.29 is 32.9 Å². The highest BCUT2D eigenvalue weighted by molar-refractivity contribution is 7.45. The van der Waals surface area contributed by atoms with Crippen molar-refractivity contribution in [3.8, 4) is 0 Å². The van der Waals surface area contributed by atoms with Gasteiger partial charge in [0, 0.05) is 6.42 Å². The van der Waals surface area contributed by atoms with Gasteiger partial charge in [0.25, 0.3) is 7.82 Å². The molecule has 0 fully saturated rings. The molecular formula is C67H131N2O6P. The molecule has 8 nitrogen and oxygen atoms in total. The molecule has 0 radical (unpaired) electrons. The molecule has 0 saturated heterocycles. The minimum Gasteiger partial charge on any atom is -0.756 e. The molecule has 0 aliphatic carbocycles. The molecule has 0 rings (SSSR count). The van der Waals surface area contributed by atoms with Crippen LogP contribution in [0.4, 0.5) is 0 Å². The molecule has 0 aromatic rings. The number of phosphoric ester groups is 1. The molecule has 0 aromatic carbocycles. The highest BCUT2D eigenvalue weighted by atomic mass is 31.2. The molecule has 0 bridgehead atoms. The molecule has 0 aromatic heterocycles. The number of quaternary nitrogens is 1. The Balaban J connectivity index is 4.08. The van der Waals surface area contributed by atoms with E-state index in [-0.39, 0.29) is 19.1 Å². The quantitative estimate of drug-likeness (QED) is 0.0272. The Morgan fingerprint density at radius 2 is 0.763 bits per heavy atom. The summed E-state index contributed by atoms with van der Waals surface area (Å²) in [5.74, 6) is -0.195. The number of rotatable bonds is 62. The van der Waals surface area contributed by atoms with Crippen LogP contribution in [0.5, 0.6) is 0 Å². The van der Waals surface area contributed by atoms with Crippen LogP contribution in [0.15, 0.2) is 36.5 Å². The van der Waals surface area contributed by atoms with Crippen LogP contribution in [-0.2, 0) is 18.4 Å². The molecule has 3 unspecified atom stereocenters. The van der Waals surface area contributed by atoms with Gasteiger partial charge < -0.3 is 28.8 Å². The van der Waals surface area contributed by atoms with Crippen LogP contribution in [0.25, 0.3) is 0 Å². The van der Waals surface area contributed by atoms with Gasteiger partial charge in [-0.25, -0.2) is 0 Å². The van der Waals surface area contributed by atoms with Gasteiger partial charge in [0.1, 0.15) is 13.2 Å². The summed E-state index contributed by atoms with van der Waals surface area (Å²) >= 11 is 0. The molecule has 0 aliphatic rings. The van der Waals surface area contributed by atoms with Crippen molar-refractivity contribution in [2.75, 3.05) is 40.9 Å². The normalized spacial score (nSPS) is 13.9. The SMILES string of the molecule is CCCCCCC/C=C\C/C=C\CCCCCCCCCCCCCC(=O)NC(COP(=O)([O-])OCC[N+](C)(C)C)C(O)/C=C/CCCCCCCCCCCCCCCCCCCCCCCCCCCCCCC. The van der Waals surface area contributed by atoms with Crippen molar-refractivity contribution in [3.63, 3.8) is 0 Å². The van der Waals surface area contributed by atoms with Gasteiger partial charge in [0.05, 0.1) is 39.9 Å². The smallest absolute Gasteiger partial charge is 0.268 e. The first-order chi connectivity index (χ1) is 37.0. The summed E-state index contributed by atoms with van der Waals surface area (Å²) in [6, 6.07) is -0.889. The third kappa shape index (κ3) is 60.4. The lowest BCUT2D eigenvalue weighted by atomic mass is 10.0. The van der Waals surface area contributed by atoms with E-state index in [1.54, 1.807) is 6.08 Å². The van der Waals surface area contributed by atoms with Gasteiger partial charge in [-0.05, 0) is 51.4 Å². The summed E-state index contributed by atoms with van der Waals surface area (Å²) in [6.45, 7) is 4.69.